The van der Waals surface area contributed by atoms with Crippen LogP contribution in [0.3, 0.4) is 0 Å². The molecule has 346 valence electrons. The molecule has 0 unspecified atom stereocenters. The largest absolute Gasteiger partial charge is 0.348 e. The molecule has 0 saturated carbocycles. The highest BCUT2D eigenvalue weighted by Gasteiger charge is 2.17. The molecular weight excluding hydrogens is 749 g/mol. The Morgan fingerprint density at radius 3 is 1.11 bits per heavy atom. The van der Waals surface area contributed by atoms with Gasteiger partial charge < -0.3 is 5.53 Å². The smallest absolute Gasteiger partial charge is 0.317 e. The van der Waals surface area contributed by atoms with E-state index in [-0.39, 0.29) is 0 Å². The highest BCUT2D eigenvalue weighted by Crippen LogP contribution is 2.34. The quantitative estimate of drug-likeness (QED) is 0.0160. The molecule has 0 spiro atoms. The highest BCUT2D eigenvalue weighted by atomic mass is 14.8. The molecule has 2 nitrogen and oxygen atoms in total. The molecule has 62 heavy (non-hydrogen) atoms. The predicted octanol–water partition coefficient (Wildman–Crippen LogP) is 19.5. The van der Waals surface area contributed by atoms with Crippen LogP contribution < -0.4 is 0 Å². The molecule has 2 aromatic carbocycles. The number of hydrogen-bond acceptors (Lipinski definition) is 0. The van der Waals surface area contributed by atoms with Crippen LogP contribution in [0.5, 0.6) is 0 Å². The molecule has 0 aliphatic rings. The Hall–Kier alpha value is -3.10. The van der Waals surface area contributed by atoms with Crippen molar-refractivity contribution in [3.63, 3.8) is 0 Å². The second-order valence-corrected chi connectivity index (χ2v) is 18.7. The SMILES string of the molecule is CCCCCCCCCCCCCCCCCCCCCCCCCCC#CC(=C=[N+]=[N-])C(CCCC)=C(c1ccc(CCCC)cc1)c1ccc(CCCCCCCC)cc1. The summed E-state index contributed by atoms with van der Waals surface area (Å²) in [5.74, 6) is 9.88. The second-order valence-electron chi connectivity index (χ2n) is 18.7. The zero-order valence-electron chi connectivity index (χ0n) is 41.4. The zero-order chi connectivity index (χ0) is 44.4. The topological polar surface area (TPSA) is 36.4 Å². The van der Waals surface area contributed by atoms with E-state index < -0.39 is 0 Å². The lowest BCUT2D eigenvalue weighted by Gasteiger charge is -2.16. The number of hydrogen-bond donors (Lipinski definition) is 0. The summed E-state index contributed by atoms with van der Waals surface area (Å²) in [4.78, 5) is 3.45. The van der Waals surface area contributed by atoms with Gasteiger partial charge in [-0.15, -0.1) is 4.79 Å². The van der Waals surface area contributed by atoms with Crippen LogP contribution in [0.4, 0.5) is 0 Å². The van der Waals surface area contributed by atoms with E-state index >= 15 is 0 Å². The Balaban J connectivity index is 1.82. The van der Waals surface area contributed by atoms with E-state index in [0.29, 0.717) is 0 Å². The lowest BCUT2D eigenvalue weighted by atomic mass is 9.86. The minimum atomic E-state index is 0.728. The fraction of sp³-hybridized carbons (Fsp3) is 0.700. The molecule has 0 fully saturated rings. The van der Waals surface area contributed by atoms with Crippen LogP contribution in [0.15, 0.2) is 59.7 Å². The fourth-order valence-electron chi connectivity index (χ4n) is 8.96. The first-order chi connectivity index (χ1) is 30.7. The van der Waals surface area contributed by atoms with Crippen molar-refractivity contribution in [2.45, 2.75) is 272 Å². The summed E-state index contributed by atoms with van der Waals surface area (Å²) in [6.07, 6.45) is 50.2. The molecular formula is C60H96N2. The number of rotatable bonds is 40. The molecule has 2 rings (SSSR count). The van der Waals surface area contributed by atoms with E-state index in [1.807, 2.05) is 0 Å². The molecule has 2 heteroatoms. The zero-order valence-corrected chi connectivity index (χ0v) is 41.4. The molecule has 0 aromatic heterocycles. The Bertz CT molecular complexity index is 1520. The lowest BCUT2D eigenvalue weighted by Crippen LogP contribution is -2.00. The maximum Gasteiger partial charge on any atom is 0.317 e. The summed E-state index contributed by atoms with van der Waals surface area (Å²) in [6, 6.07) is 18.4. The first-order valence-electron chi connectivity index (χ1n) is 27.1. The van der Waals surface area contributed by atoms with Gasteiger partial charge in [-0.25, -0.2) is 0 Å². The second kappa shape index (κ2) is 40.7. The minimum absolute atomic E-state index is 0.728. The van der Waals surface area contributed by atoms with E-state index in [9.17, 15) is 5.53 Å². The number of aryl methyl sites for hydroxylation is 2. The maximum absolute atomic E-state index is 9.84. The van der Waals surface area contributed by atoms with Crippen molar-refractivity contribution in [1.29, 1.82) is 0 Å². The van der Waals surface area contributed by atoms with Crippen LogP contribution in [0.2, 0.25) is 0 Å². The first-order valence-corrected chi connectivity index (χ1v) is 27.1. The van der Waals surface area contributed by atoms with Crippen molar-refractivity contribution in [3.05, 3.63) is 87.5 Å². The molecule has 0 aliphatic heterocycles. The molecule has 0 aliphatic carbocycles. The van der Waals surface area contributed by atoms with E-state index in [1.54, 1.807) is 0 Å². The molecule has 0 saturated heterocycles. The van der Waals surface area contributed by atoms with Crippen LogP contribution in [0, 0.1) is 11.8 Å². The predicted molar refractivity (Wildman–Crippen MR) is 275 cm³/mol. The average molecular weight is 845 g/mol. The highest BCUT2D eigenvalue weighted by molar-refractivity contribution is 5.88. The van der Waals surface area contributed by atoms with Gasteiger partial charge in [-0.1, -0.05) is 281 Å². The van der Waals surface area contributed by atoms with Crippen molar-refractivity contribution in [3.8, 4) is 11.8 Å². The van der Waals surface area contributed by atoms with Crippen LogP contribution in [-0.4, -0.2) is 10.7 Å². The number of nitrogens with zero attached hydrogens (tertiary/aromatic N) is 2. The van der Waals surface area contributed by atoms with Gasteiger partial charge in [0.2, 0.25) is 0 Å². The molecule has 0 amide bonds. The Labute approximate surface area is 385 Å². The van der Waals surface area contributed by atoms with Crippen molar-refractivity contribution >= 4 is 11.4 Å². The molecule has 0 radical (unpaired) electrons. The third-order valence-electron chi connectivity index (χ3n) is 13.0. The van der Waals surface area contributed by atoms with E-state index in [4.69, 9.17) is 0 Å². The summed E-state index contributed by atoms with van der Waals surface area (Å²) in [5.41, 5.74) is 18.1. The Morgan fingerprint density at radius 1 is 0.403 bits per heavy atom. The summed E-state index contributed by atoms with van der Waals surface area (Å²) in [5, 5.41) is 0. The van der Waals surface area contributed by atoms with Gasteiger partial charge in [0.25, 0.3) is 0 Å². The van der Waals surface area contributed by atoms with Gasteiger partial charge in [0, 0.05) is 6.42 Å². The molecule has 0 heterocycles. The van der Waals surface area contributed by atoms with Gasteiger partial charge in [-0.3, -0.25) is 0 Å². The van der Waals surface area contributed by atoms with Gasteiger partial charge in [-0.2, -0.15) is 0 Å². The number of unbranched alkanes of at least 4 members (excludes halogenated alkanes) is 31. The standard InChI is InChI=1S/C60H96N2/c1-5-9-13-15-17-18-19-20-21-22-23-24-25-26-27-28-29-30-31-32-33-34-35-36-38-40-43-58(53-62-61)59(44-12-8-4)60(56-49-45-54(46-50-56)41-11-7-3)57-51-47-55(48-52-57)42-39-37-16-14-10-6-2/h45-52H,5-39,41-42,44H2,1-4H3. The Kier molecular flexibility index (Phi) is 36.1. The first kappa shape index (κ1) is 55.0. The molecule has 0 atom stereocenters. The monoisotopic (exact) mass is 845 g/mol. The van der Waals surface area contributed by atoms with Crippen molar-refractivity contribution in [2.24, 2.45) is 0 Å². The van der Waals surface area contributed by atoms with Crippen LogP contribution in [-0.2, 0) is 12.8 Å². The van der Waals surface area contributed by atoms with Gasteiger partial charge >= 0.3 is 5.87 Å². The summed E-state index contributed by atoms with van der Waals surface area (Å²) < 4.78 is 0. The van der Waals surface area contributed by atoms with Gasteiger partial charge in [0.05, 0.1) is 0 Å². The van der Waals surface area contributed by atoms with E-state index in [1.165, 1.54) is 227 Å². The van der Waals surface area contributed by atoms with Gasteiger partial charge in [0.15, 0.2) is 5.57 Å². The van der Waals surface area contributed by atoms with Gasteiger partial charge in [0.1, 0.15) is 0 Å². The molecule has 0 N–H and O–H groups in total. The summed E-state index contributed by atoms with van der Waals surface area (Å²) in [7, 11) is 0. The van der Waals surface area contributed by atoms with Crippen LogP contribution in [0.1, 0.15) is 281 Å². The van der Waals surface area contributed by atoms with Gasteiger partial charge in [-0.05, 0) is 78.3 Å². The average Bonchev–Trinajstić information content (AvgIpc) is 3.29. The van der Waals surface area contributed by atoms with Crippen LogP contribution in [0.25, 0.3) is 11.1 Å². The number of allylic oxidation sites excluding steroid dienone is 2. The van der Waals surface area contributed by atoms with Crippen molar-refractivity contribution in [2.75, 3.05) is 0 Å². The van der Waals surface area contributed by atoms with E-state index in [2.05, 4.69) is 98.7 Å². The summed E-state index contributed by atoms with van der Waals surface area (Å²) >= 11 is 0. The third-order valence-corrected chi connectivity index (χ3v) is 13.0. The van der Waals surface area contributed by atoms with Crippen molar-refractivity contribution in [1.82, 2.24) is 0 Å². The minimum Gasteiger partial charge on any atom is -0.348 e. The van der Waals surface area contributed by atoms with Crippen LogP contribution >= 0.6 is 0 Å². The van der Waals surface area contributed by atoms with Crippen molar-refractivity contribution < 1.29 is 4.79 Å². The number of benzene rings is 2. The fourth-order valence-corrected chi connectivity index (χ4v) is 8.96. The third kappa shape index (κ3) is 27.9. The lowest BCUT2D eigenvalue weighted by molar-refractivity contribution is 0.00770. The normalized spacial score (nSPS) is 11.5. The molecule has 0 bridgehead atoms. The van der Waals surface area contributed by atoms with E-state index in [0.717, 1.165) is 56.1 Å². The Morgan fingerprint density at radius 2 is 0.742 bits per heavy atom. The maximum atomic E-state index is 9.84. The summed E-state index contributed by atoms with van der Waals surface area (Å²) in [6.45, 7) is 9.09. The molecule has 2 aromatic rings.